The molecule has 1 aliphatic rings. The minimum Gasteiger partial charge on any atom is -0.383 e. The van der Waals surface area contributed by atoms with Crippen molar-refractivity contribution in [2.24, 2.45) is 5.92 Å². The number of rotatable bonds is 6. The van der Waals surface area contributed by atoms with Gasteiger partial charge in [0.2, 0.25) is 0 Å². The second kappa shape index (κ2) is 7.34. The van der Waals surface area contributed by atoms with Crippen molar-refractivity contribution in [2.75, 3.05) is 27.3 Å². The van der Waals surface area contributed by atoms with E-state index in [1.165, 1.54) is 19.3 Å². The van der Waals surface area contributed by atoms with E-state index in [4.69, 9.17) is 4.74 Å². The van der Waals surface area contributed by atoms with Crippen LogP contribution in [0.4, 0.5) is 0 Å². The Morgan fingerprint density at radius 1 is 1.35 bits per heavy atom. The molecule has 0 radical (unpaired) electrons. The topological polar surface area (TPSA) is 24.5 Å². The van der Waals surface area contributed by atoms with Crippen LogP contribution in [0.1, 0.15) is 40.0 Å². The van der Waals surface area contributed by atoms with Gasteiger partial charge in [-0.15, -0.1) is 0 Å². The Morgan fingerprint density at radius 3 is 2.59 bits per heavy atom. The third kappa shape index (κ3) is 4.23. The van der Waals surface area contributed by atoms with Crippen LogP contribution in [-0.2, 0) is 4.74 Å². The van der Waals surface area contributed by atoms with Crippen molar-refractivity contribution in [1.29, 1.82) is 0 Å². The second-order valence-corrected chi connectivity index (χ2v) is 5.71. The lowest BCUT2D eigenvalue weighted by Crippen LogP contribution is -2.55. The summed E-state index contributed by atoms with van der Waals surface area (Å²) < 4.78 is 5.25. The van der Waals surface area contributed by atoms with Gasteiger partial charge in [-0.3, -0.25) is 4.90 Å². The summed E-state index contributed by atoms with van der Waals surface area (Å²) >= 11 is 0. The van der Waals surface area contributed by atoms with Gasteiger partial charge in [0.25, 0.3) is 0 Å². The van der Waals surface area contributed by atoms with E-state index in [0.29, 0.717) is 18.1 Å². The molecule has 1 saturated carbocycles. The summed E-state index contributed by atoms with van der Waals surface area (Å²) in [6, 6.07) is 1.90. The molecule has 0 aliphatic heterocycles. The Bertz CT molecular complexity index is 208. The van der Waals surface area contributed by atoms with Crippen molar-refractivity contribution in [3.05, 3.63) is 0 Å². The van der Waals surface area contributed by atoms with Gasteiger partial charge in [0, 0.05) is 31.8 Å². The molecule has 0 aromatic rings. The third-order valence-electron chi connectivity index (χ3n) is 4.09. The summed E-state index contributed by atoms with van der Waals surface area (Å²) in [5, 5.41) is 3.50. The van der Waals surface area contributed by atoms with Gasteiger partial charge in [0.15, 0.2) is 0 Å². The summed E-state index contributed by atoms with van der Waals surface area (Å²) in [5.41, 5.74) is 0. The summed E-state index contributed by atoms with van der Waals surface area (Å²) in [6.45, 7) is 8.85. The number of methoxy groups -OCH3 is 1. The Labute approximate surface area is 107 Å². The molecule has 1 N–H and O–H groups in total. The molecule has 1 aliphatic carbocycles. The average molecular weight is 242 g/mol. The first kappa shape index (κ1) is 14.9. The van der Waals surface area contributed by atoms with Crippen LogP contribution in [0.15, 0.2) is 0 Å². The van der Waals surface area contributed by atoms with Crippen molar-refractivity contribution >= 4 is 0 Å². The molecule has 102 valence electrons. The predicted molar refractivity (Wildman–Crippen MR) is 73.4 cm³/mol. The summed E-state index contributed by atoms with van der Waals surface area (Å²) in [5.74, 6) is 0.855. The van der Waals surface area contributed by atoms with Crippen LogP contribution >= 0.6 is 0 Å². The van der Waals surface area contributed by atoms with E-state index in [1.807, 2.05) is 0 Å². The van der Waals surface area contributed by atoms with E-state index >= 15 is 0 Å². The molecule has 3 nitrogen and oxygen atoms in total. The maximum Gasteiger partial charge on any atom is 0.0589 e. The zero-order valence-electron chi connectivity index (χ0n) is 12.2. The molecule has 0 bridgehead atoms. The lowest BCUT2D eigenvalue weighted by atomic mass is 9.82. The Kier molecular flexibility index (Phi) is 6.45. The van der Waals surface area contributed by atoms with Crippen LogP contribution in [0.5, 0.6) is 0 Å². The highest BCUT2D eigenvalue weighted by Crippen LogP contribution is 2.28. The monoisotopic (exact) mass is 242 g/mol. The number of nitrogens with zero attached hydrogens (tertiary/aromatic N) is 1. The van der Waals surface area contributed by atoms with E-state index in [9.17, 15) is 0 Å². The number of ether oxygens (including phenoxy) is 1. The first-order valence-corrected chi connectivity index (χ1v) is 7.02. The molecule has 17 heavy (non-hydrogen) atoms. The molecule has 0 spiro atoms. The highest BCUT2D eigenvalue weighted by molar-refractivity contribution is 4.90. The number of hydrogen-bond acceptors (Lipinski definition) is 3. The fourth-order valence-electron chi connectivity index (χ4n) is 3.06. The predicted octanol–water partition coefficient (Wildman–Crippen LogP) is 2.12. The maximum absolute atomic E-state index is 5.25. The molecule has 0 aromatic heterocycles. The SMILES string of the molecule is CNC1CCC(C)CC1N(CCOC)C(C)C. The van der Waals surface area contributed by atoms with Crippen LogP contribution in [0.2, 0.25) is 0 Å². The van der Waals surface area contributed by atoms with E-state index in [-0.39, 0.29) is 0 Å². The molecule has 0 amide bonds. The molecular formula is C14H30N2O. The fourth-order valence-corrected chi connectivity index (χ4v) is 3.06. The van der Waals surface area contributed by atoms with E-state index in [2.05, 4.69) is 38.0 Å². The molecule has 0 heterocycles. The fraction of sp³-hybridized carbons (Fsp3) is 1.00. The highest BCUT2D eigenvalue weighted by atomic mass is 16.5. The summed E-state index contributed by atoms with van der Waals surface area (Å²) in [7, 11) is 3.89. The molecule has 3 unspecified atom stereocenters. The minimum absolute atomic E-state index is 0.594. The van der Waals surface area contributed by atoms with Crippen LogP contribution in [-0.4, -0.2) is 50.3 Å². The van der Waals surface area contributed by atoms with Crippen LogP contribution in [0.25, 0.3) is 0 Å². The maximum atomic E-state index is 5.25. The molecular weight excluding hydrogens is 212 g/mol. The van der Waals surface area contributed by atoms with Gasteiger partial charge in [-0.05, 0) is 46.1 Å². The average Bonchev–Trinajstić information content (AvgIpc) is 2.29. The lowest BCUT2D eigenvalue weighted by molar-refractivity contribution is 0.0508. The first-order chi connectivity index (χ1) is 8.10. The highest BCUT2D eigenvalue weighted by Gasteiger charge is 2.32. The van der Waals surface area contributed by atoms with E-state index in [0.717, 1.165) is 19.1 Å². The van der Waals surface area contributed by atoms with Gasteiger partial charge in [0.1, 0.15) is 0 Å². The van der Waals surface area contributed by atoms with Gasteiger partial charge < -0.3 is 10.1 Å². The standard InChI is InChI=1S/C14H30N2O/c1-11(2)16(8-9-17-5)14-10-12(3)6-7-13(14)15-4/h11-15H,6-10H2,1-5H3. The van der Waals surface area contributed by atoms with E-state index in [1.54, 1.807) is 7.11 Å². The number of hydrogen-bond donors (Lipinski definition) is 1. The second-order valence-electron chi connectivity index (χ2n) is 5.71. The number of nitrogens with one attached hydrogen (secondary N) is 1. The van der Waals surface area contributed by atoms with Crippen molar-refractivity contribution in [3.8, 4) is 0 Å². The van der Waals surface area contributed by atoms with Crippen molar-refractivity contribution in [1.82, 2.24) is 10.2 Å². The Balaban J connectivity index is 2.66. The Hall–Kier alpha value is -0.120. The minimum atomic E-state index is 0.594. The summed E-state index contributed by atoms with van der Waals surface area (Å²) in [6.07, 6.45) is 3.98. The molecule has 1 rings (SSSR count). The largest absolute Gasteiger partial charge is 0.383 e. The molecule has 1 fully saturated rings. The number of likely N-dealkylation sites (N-methyl/N-ethyl adjacent to an activating group) is 1. The molecule has 0 saturated heterocycles. The van der Waals surface area contributed by atoms with Crippen LogP contribution in [0, 0.1) is 5.92 Å². The lowest BCUT2D eigenvalue weighted by Gasteiger charge is -2.44. The van der Waals surface area contributed by atoms with Crippen molar-refractivity contribution < 1.29 is 4.74 Å². The quantitative estimate of drug-likeness (QED) is 0.772. The van der Waals surface area contributed by atoms with Crippen molar-refractivity contribution in [2.45, 2.75) is 58.2 Å². The van der Waals surface area contributed by atoms with Crippen molar-refractivity contribution in [3.63, 3.8) is 0 Å². The first-order valence-electron chi connectivity index (χ1n) is 7.02. The smallest absolute Gasteiger partial charge is 0.0589 e. The zero-order valence-corrected chi connectivity index (χ0v) is 12.2. The van der Waals surface area contributed by atoms with Crippen LogP contribution < -0.4 is 5.32 Å². The van der Waals surface area contributed by atoms with Gasteiger partial charge in [-0.1, -0.05) is 6.92 Å². The van der Waals surface area contributed by atoms with E-state index < -0.39 is 0 Å². The van der Waals surface area contributed by atoms with Gasteiger partial charge in [0.05, 0.1) is 6.61 Å². The Morgan fingerprint density at radius 2 is 2.06 bits per heavy atom. The molecule has 3 atom stereocenters. The third-order valence-corrected chi connectivity index (χ3v) is 4.09. The summed E-state index contributed by atoms with van der Waals surface area (Å²) in [4.78, 5) is 2.61. The molecule has 3 heteroatoms. The van der Waals surface area contributed by atoms with Gasteiger partial charge in [-0.2, -0.15) is 0 Å². The van der Waals surface area contributed by atoms with Gasteiger partial charge in [-0.25, -0.2) is 0 Å². The van der Waals surface area contributed by atoms with Gasteiger partial charge >= 0.3 is 0 Å². The zero-order chi connectivity index (χ0) is 12.8. The van der Waals surface area contributed by atoms with Crippen LogP contribution in [0.3, 0.4) is 0 Å². The molecule has 0 aromatic carbocycles. The normalized spacial score (nSPS) is 30.2.